The van der Waals surface area contributed by atoms with E-state index in [0.29, 0.717) is 17.9 Å². The van der Waals surface area contributed by atoms with E-state index in [4.69, 9.17) is 15.5 Å². The van der Waals surface area contributed by atoms with E-state index in [1.165, 1.54) is 5.69 Å². The maximum Gasteiger partial charge on any atom is 0.138 e. The Balaban J connectivity index is 1.95. The summed E-state index contributed by atoms with van der Waals surface area (Å²) in [4.78, 5) is 4.74. The minimum absolute atomic E-state index is 0.306. The van der Waals surface area contributed by atoms with Crippen LogP contribution in [-0.2, 0) is 11.2 Å². The van der Waals surface area contributed by atoms with Gasteiger partial charge in [0, 0.05) is 24.5 Å². The zero-order valence-corrected chi connectivity index (χ0v) is 11.9. The molecule has 1 aliphatic rings. The van der Waals surface area contributed by atoms with Crippen molar-refractivity contribution in [2.45, 2.75) is 36.1 Å². The van der Waals surface area contributed by atoms with Crippen molar-refractivity contribution in [2.75, 3.05) is 13.2 Å². The van der Waals surface area contributed by atoms with Crippen molar-refractivity contribution in [1.82, 2.24) is 9.38 Å². The number of pyridine rings is 1. The van der Waals surface area contributed by atoms with E-state index >= 15 is 0 Å². The second kappa shape index (κ2) is 5.53. The van der Waals surface area contributed by atoms with Gasteiger partial charge >= 0.3 is 0 Å². The van der Waals surface area contributed by atoms with Gasteiger partial charge in [0.25, 0.3) is 0 Å². The molecule has 0 aliphatic carbocycles. The average molecular weight is 277 g/mol. The number of ether oxygens (including phenoxy) is 1. The Labute approximate surface area is 117 Å². The summed E-state index contributed by atoms with van der Waals surface area (Å²) in [6.07, 6.45) is 4.32. The molecular weight excluding hydrogens is 258 g/mol. The predicted octanol–water partition coefficient (Wildman–Crippen LogP) is 2.10. The van der Waals surface area contributed by atoms with Gasteiger partial charge in [0.15, 0.2) is 0 Å². The zero-order chi connectivity index (χ0) is 13.2. The number of fused-ring (bicyclic) bond motifs is 1. The first-order valence-corrected chi connectivity index (χ1v) is 7.62. The smallest absolute Gasteiger partial charge is 0.138 e. The molecule has 2 aromatic rings. The first-order valence-electron chi connectivity index (χ1n) is 6.74. The number of nitrogens with zero attached hydrogens (tertiary/aromatic N) is 2. The normalized spacial score (nSPS) is 23.3. The van der Waals surface area contributed by atoms with Crippen molar-refractivity contribution < 1.29 is 4.74 Å². The Morgan fingerprint density at radius 3 is 3.16 bits per heavy atom. The maximum absolute atomic E-state index is 5.74. The molecule has 102 valence electrons. The van der Waals surface area contributed by atoms with Gasteiger partial charge in [-0.3, -0.25) is 0 Å². The van der Waals surface area contributed by atoms with E-state index in [0.717, 1.165) is 30.1 Å². The van der Waals surface area contributed by atoms with Crippen molar-refractivity contribution in [3.05, 3.63) is 30.1 Å². The van der Waals surface area contributed by atoms with Crippen LogP contribution in [0.1, 0.15) is 19.0 Å². The Morgan fingerprint density at radius 1 is 1.53 bits per heavy atom. The topological polar surface area (TPSA) is 52.5 Å². The summed E-state index contributed by atoms with van der Waals surface area (Å²) in [5.41, 5.74) is 7.96. The molecule has 0 amide bonds. The van der Waals surface area contributed by atoms with Crippen molar-refractivity contribution in [3.8, 4) is 0 Å². The van der Waals surface area contributed by atoms with E-state index in [9.17, 15) is 0 Å². The SMILES string of the molecule is CC1OCCC1Sc1nc2ccccn2c1CCN. The molecule has 1 saturated heterocycles. The summed E-state index contributed by atoms with van der Waals surface area (Å²) in [5.74, 6) is 0. The number of imidazole rings is 1. The average Bonchev–Trinajstić information content (AvgIpc) is 2.96. The van der Waals surface area contributed by atoms with Crippen LogP contribution in [0.25, 0.3) is 5.65 Å². The van der Waals surface area contributed by atoms with Crippen LogP contribution in [0, 0.1) is 0 Å². The minimum Gasteiger partial charge on any atom is -0.377 e. The highest BCUT2D eigenvalue weighted by Crippen LogP contribution is 2.34. The lowest BCUT2D eigenvalue weighted by Gasteiger charge is -2.12. The molecule has 2 atom stereocenters. The number of hydrogen-bond donors (Lipinski definition) is 1. The molecule has 1 fully saturated rings. The lowest BCUT2D eigenvalue weighted by atomic mass is 10.3. The summed E-state index contributed by atoms with van der Waals surface area (Å²) >= 11 is 1.84. The lowest BCUT2D eigenvalue weighted by molar-refractivity contribution is 0.127. The third kappa shape index (κ3) is 2.50. The highest BCUT2D eigenvalue weighted by molar-refractivity contribution is 8.00. The number of rotatable bonds is 4. The van der Waals surface area contributed by atoms with Gasteiger partial charge in [0.1, 0.15) is 10.7 Å². The number of aromatic nitrogens is 2. The van der Waals surface area contributed by atoms with Crippen LogP contribution in [0.3, 0.4) is 0 Å². The van der Waals surface area contributed by atoms with Crippen LogP contribution >= 0.6 is 11.8 Å². The summed E-state index contributed by atoms with van der Waals surface area (Å²) in [6.45, 7) is 3.65. The molecule has 19 heavy (non-hydrogen) atoms. The van der Waals surface area contributed by atoms with E-state index in [-0.39, 0.29) is 0 Å². The van der Waals surface area contributed by atoms with E-state index in [1.807, 2.05) is 30.0 Å². The highest BCUT2D eigenvalue weighted by atomic mass is 32.2. The Hall–Kier alpha value is -1.04. The van der Waals surface area contributed by atoms with Gasteiger partial charge in [0.05, 0.1) is 11.8 Å². The lowest BCUT2D eigenvalue weighted by Crippen LogP contribution is -2.14. The van der Waals surface area contributed by atoms with Crippen molar-refractivity contribution in [2.24, 2.45) is 5.73 Å². The largest absolute Gasteiger partial charge is 0.377 e. The van der Waals surface area contributed by atoms with E-state index in [1.54, 1.807) is 0 Å². The van der Waals surface area contributed by atoms with Gasteiger partial charge in [-0.25, -0.2) is 4.98 Å². The van der Waals surface area contributed by atoms with Crippen LogP contribution in [0.5, 0.6) is 0 Å². The van der Waals surface area contributed by atoms with Crippen molar-refractivity contribution in [1.29, 1.82) is 0 Å². The Bertz CT molecular complexity index is 569. The Morgan fingerprint density at radius 2 is 2.42 bits per heavy atom. The summed E-state index contributed by atoms with van der Waals surface area (Å²) in [5, 5.41) is 1.61. The third-order valence-electron chi connectivity index (χ3n) is 3.54. The standard InChI is InChI=1S/C14H19N3OS/c1-10-12(6-9-18-10)19-14-11(5-7-15)17-8-3-2-4-13(17)16-14/h2-4,8,10,12H,5-7,9,15H2,1H3. The van der Waals surface area contributed by atoms with Crippen LogP contribution in [0.4, 0.5) is 0 Å². The van der Waals surface area contributed by atoms with Crippen LogP contribution in [-0.4, -0.2) is 33.9 Å². The van der Waals surface area contributed by atoms with Gasteiger partial charge in [-0.05, 0) is 32.0 Å². The number of nitrogens with two attached hydrogens (primary N) is 1. The summed E-state index contributed by atoms with van der Waals surface area (Å²) in [7, 11) is 0. The molecule has 0 aromatic carbocycles. The maximum atomic E-state index is 5.74. The fourth-order valence-corrected chi connectivity index (χ4v) is 3.75. The fraction of sp³-hybridized carbons (Fsp3) is 0.500. The molecule has 3 rings (SSSR count). The van der Waals surface area contributed by atoms with Gasteiger partial charge in [0.2, 0.25) is 0 Å². The minimum atomic E-state index is 0.306. The second-order valence-corrected chi connectivity index (χ2v) is 6.08. The molecular formula is C14H19N3OS. The van der Waals surface area contributed by atoms with Gasteiger partial charge < -0.3 is 14.9 Å². The summed E-state index contributed by atoms with van der Waals surface area (Å²) < 4.78 is 7.78. The molecule has 2 unspecified atom stereocenters. The molecule has 0 radical (unpaired) electrons. The molecule has 0 spiro atoms. The quantitative estimate of drug-likeness (QED) is 0.930. The van der Waals surface area contributed by atoms with Gasteiger partial charge in [-0.1, -0.05) is 17.8 Å². The third-order valence-corrected chi connectivity index (χ3v) is 5.01. The highest BCUT2D eigenvalue weighted by Gasteiger charge is 2.27. The summed E-state index contributed by atoms with van der Waals surface area (Å²) in [6, 6.07) is 6.09. The molecule has 3 heterocycles. The molecule has 1 aliphatic heterocycles. The van der Waals surface area contributed by atoms with Crippen LogP contribution < -0.4 is 5.73 Å². The number of thioether (sulfide) groups is 1. The first-order chi connectivity index (χ1) is 9.29. The Kier molecular flexibility index (Phi) is 3.77. The monoisotopic (exact) mass is 277 g/mol. The zero-order valence-electron chi connectivity index (χ0n) is 11.1. The molecule has 0 saturated carbocycles. The second-order valence-electron chi connectivity index (χ2n) is 4.85. The predicted molar refractivity (Wildman–Crippen MR) is 77.6 cm³/mol. The van der Waals surface area contributed by atoms with Crippen molar-refractivity contribution in [3.63, 3.8) is 0 Å². The van der Waals surface area contributed by atoms with Gasteiger partial charge in [-0.15, -0.1) is 0 Å². The van der Waals surface area contributed by atoms with E-state index in [2.05, 4.69) is 17.5 Å². The van der Waals surface area contributed by atoms with E-state index < -0.39 is 0 Å². The molecule has 0 bridgehead atoms. The van der Waals surface area contributed by atoms with Crippen LogP contribution in [0.2, 0.25) is 0 Å². The molecule has 5 heteroatoms. The number of hydrogen-bond acceptors (Lipinski definition) is 4. The first kappa shape index (κ1) is 13.0. The molecule has 4 nitrogen and oxygen atoms in total. The van der Waals surface area contributed by atoms with Crippen LogP contribution in [0.15, 0.2) is 29.4 Å². The van der Waals surface area contributed by atoms with Gasteiger partial charge in [-0.2, -0.15) is 0 Å². The van der Waals surface area contributed by atoms with Crippen molar-refractivity contribution >= 4 is 17.4 Å². The molecule has 2 N–H and O–H groups in total. The molecule has 2 aromatic heterocycles. The fourth-order valence-electron chi connectivity index (χ4n) is 2.49.